The molecule has 18 heavy (non-hydrogen) atoms. The molecule has 0 saturated carbocycles. The highest BCUT2D eigenvalue weighted by atomic mass is 35.5. The molecule has 0 N–H and O–H groups in total. The molecule has 0 radical (unpaired) electrons. The first-order valence-electron chi connectivity index (χ1n) is 6.43. The van der Waals surface area contributed by atoms with Gasteiger partial charge in [0.1, 0.15) is 12.2 Å². The monoisotopic (exact) mass is 291 g/mol. The summed E-state index contributed by atoms with van der Waals surface area (Å²) in [6, 6.07) is 0. The first-order chi connectivity index (χ1) is 8.45. The van der Waals surface area contributed by atoms with Crippen molar-refractivity contribution in [3.05, 3.63) is 12.2 Å². The third-order valence-electron chi connectivity index (χ3n) is 3.50. The molecule has 0 spiro atoms. The zero-order valence-electron chi connectivity index (χ0n) is 11.7. The van der Waals surface area contributed by atoms with Crippen molar-refractivity contribution in [1.29, 1.82) is 0 Å². The number of alkyl halides is 2. The summed E-state index contributed by atoms with van der Waals surface area (Å²) in [6.07, 6.45) is 2.40. The van der Waals surface area contributed by atoms with Gasteiger partial charge in [-0.3, -0.25) is 0 Å². The van der Waals surface area contributed by atoms with Gasteiger partial charge in [0.25, 0.3) is 0 Å². The van der Waals surface area contributed by atoms with Gasteiger partial charge in [-0.15, -0.1) is 23.2 Å². The molecule has 1 rings (SSSR count). The van der Waals surface area contributed by atoms with Gasteiger partial charge >= 0.3 is 0 Å². The standard InChI is InChI=1S/C13H23Cl2N3/c1-10(2)6-18-12(16-9-17-18)5-13(7-14,8-15)11(3)4/h9-11H,5-8H2,1-4H3. The summed E-state index contributed by atoms with van der Waals surface area (Å²) in [7, 11) is 0. The van der Waals surface area contributed by atoms with Crippen LogP contribution in [-0.2, 0) is 13.0 Å². The zero-order chi connectivity index (χ0) is 13.8. The normalized spacial score (nSPS) is 12.7. The van der Waals surface area contributed by atoms with Gasteiger partial charge in [0, 0.05) is 30.1 Å². The van der Waals surface area contributed by atoms with Gasteiger partial charge in [0.2, 0.25) is 0 Å². The van der Waals surface area contributed by atoms with E-state index >= 15 is 0 Å². The maximum absolute atomic E-state index is 6.15. The lowest BCUT2D eigenvalue weighted by molar-refractivity contribution is 0.248. The molecule has 0 atom stereocenters. The average molecular weight is 292 g/mol. The van der Waals surface area contributed by atoms with Gasteiger partial charge in [-0.25, -0.2) is 9.67 Å². The molecular weight excluding hydrogens is 269 g/mol. The minimum atomic E-state index is -0.106. The first-order valence-corrected chi connectivity index (χ1v) is 7.50. The van der Waals surface area contributed by atoms with E-state index < -0.39 is 0 Å². The predicted molar refractivity (Wildman–Crippen MR) is 77.3 cm³/mol. The van der Waals surface area contributed by atoms with Crippen LogP contribution in [0.5, 0.6) is 0 Å². The Morgan fingerprint density at radius 3 is 2.28 bits per heavy atom. The van der Waals surface area contributed by atoms with Crippen LogP contribution in [0, 0.1) is 17.3 Å². The molecule has 0 aromatic carbocycles. The van der Waals surface area contributed by atoms with Crippen molar-refractivity contribution in [3.8, 4) is 0 Å². The second-order valence-electron chi connectivity index (χ2n) is 5.71. The maximum atomic E-state index is 6.15. The van der Waals surface area contributed by atoms with Crippen molar-refractivity contribution in [3.63, 3.8) is 0 Å². The lowest BCUT2D eigenvalue weighted by Gasteiger charge is -2.33. The van der Waals surface area contributed by atoms with Crippen LogP contribution in [-0.4, -0.2) is 26.5 Å². The highest BCUT2D eigenvalue weighted by molar-refractivity contribution is 6.21. The lowest BCUT2D eigenvalue weighted by atomic mass is 9.77. The fraction of sp³-hybridized carbons (Fsp3) is 0.846. The largest absolute Gasteiger partial charge is 0.250 e. The van der Waals surface area contributed by atoms with Crippen LogP contribution in [0.15, 0.2) is 6.33 Å². The molecule has 5 heteroatoms. The van der Waals surface area contributed by atoms with Gasteiger partial charge in [0.05, 0.1) is 0 Å². The summed E-state index contributed by atoms with van der Waals surface area (Å²) in [4.78, 5) is 4.37. The molecule has 1 aromatic heterocycles. The lowest BCUT2D eigenvalue weighted by Crippen LogP contribution is -2.35. The van der Waals surface area contributed by atoms with Crippen LogP contribution in [0.4, 0.5) is 0 Å². The van der Waals surface area contributed by atoms with Crippen molar-refractivity contribution in [2.45, 2.75) is 40.7 Å². The van der Waals surface area contributed by atoms with E-state index in [9.17, 15) is 0 Å². The molecular formula is C13H23Cl2N3. The third-order valence-corrected chi connectivity index (χ3v) is 4.57. The smallest absolute Gasteiger partial charge is 0.138 e. The molecule has 1 aromatic rings. The van der Waals surface area contributed by atoms with E-state index in [2.05, 4.69) is 37.8 Å². The van der Waals surface area contributed by atoms with E-state index in [0.717, 1.165) is 18.8 Å². The summed E-state index contributed by atoms with van der Waals surface area (Å²) in [5, 5.41) is 4.29. The molecule has 0 saturated heterocycles. The summed E-state index contributed by atoms with van der Waals surface area (Å²) < 4.78 is 1.97. The number of halogens is 2. The quantitative estimate of drug-likeness (QED) is 0.719. The third kappa shape index (κ3) is 3.61. The summed E-state index contributed by atoms with van der Waals surface area (Å²) in [6.45, 7) is 9.55. The fourth-order valence-corrected chi connectivity index (χ4v) is 2.97. The van der Waals surface area contributed by atoms with Crippen LogP contribution < -0.4 is 0 Å². The van der Waals surface area contributed by atoms with Gasteiger partial charge in [-0.2, -0.15) is 5.10 Å². The summed E-state index contributed by atoms with van der Waals surface area (Å²) in [5.41, 5.74) is -0.106. The maximum Gasteiger partial charge on any atom is 0.138 e. The van der Waals surface area contributed by atoms with E-state index in [1.54, 1.807) is 6.33 Å². The topological polar surface area (TPSA) is 30.7 Å². The number of rotatable bonds is 7. The molecule has 104 valence electrons. The van der Waals surface area contributed by atoms with Crippen molar-refractivity contribution in [1.82, 2.24) is 14.8 Å². The van der Waals surface area contributed by atoms with Crippen molar-refractivity contribution in [2.75, 3.05) is 11.8 Å². The number of aromatic nitrogens is 3. The summed E-state index contributed by atoms with van der Waals surface area (Å²) >= 11 is 12.3. The SMILES string of the molecule is CC(C)Cn1ncnc1CC(CCl)(CCl)C(C)C. The van der Waals surface area contributed by atoms with Crippen LogP contribution in [0.1, 0.15) is 33.5 Å². The average Bonchev–Trinajstić information content (AvgIpc) is 2.72. The highest BCUT2D eigenvalue weighted by Crippen LogP contribution is 2.34. The van der Waals surface area contributed by atoms with Gasteiger partial charge in [-0.05, 0) is 11.8 Å². The molecule has 0 aliphatic heterocycles. The van der Waals surface area contributed by atoms with Crippen LogP contribution >= 0.6 is 23.2 Å². The Kier molecular flexibility index (Phi) is 5.93. The molecule has 0 aliphatic rings. The Balaban J connectivity index is 2.91. The van der Waals surface area contributed by atoms with Gasteiger partial charge in [0.15, 0.2) is 0 Å². The number of hydrogen-bond donors (Lipinski definition) is 0. The van der Waals surface area contributed by atoms with E-state index in [4.69, 9.17) is 23.2 Å². The number of nitrogens with zero attached hydrogens (tertiary/aromatic N) is 3. The second kappa shape index (κ2) is 6.76. The molecule has 0 fully saturated rings. The first kappa shape index (κ1) is 15.8. The van der Waals surface area contributed by atoms with Crippen LogP contribution in [0.3, 0.4) is 0 Å². The Morgan fingerprint density at radius 1 is 1.22 bits per heavy atom. The van der Waals surface area contributed by atoms with Gasteiger partial charge < -0.3 is 0 Å². The van der Waals surface area contributed by atoms with Crippen molar-refractivity contribution < 1.29 is 0 Å². The molecule has 1 heterocycles. The van der Waals surface area contributed by atoms with Crippen molar-refractivity contribution >= 4 is 23.2 Å². The van der Waals surface area contributed by atoms with E-state index in [1.807, 2.05) is 4.68 Å². The van der Waals surface area contributed by atoms with Crippen molar-refractivity contribution in [2.24, 2.45) is 17.3 Å². The Hall–Kier alpha value is -0.280. The Morgan fingerprint density at radius 2 is 1.83 bits per heavy atom. The van der Waals surface area contributed by atoms with E-state index in [1.165, 1.54) is 0 Å². The highest BCUT2D eigenvalue weighted by Gasteiger charge is 2.34. The predicted octanol–water partition coefficient (Wildman–Crippen LogP) is 3.60. The Labute approximate surface area is 120 Å². The minimum Gasteiger partial charge on any atom is -0.250 e. The minimum absolute atomic E-state index is 0.106. The van der Waals surface area contributed by atoms with Crippen LogP contribution in [0.25, 0.3) is 0 Å². The summed E-state index contributed by atoms with van der Waals surface area (Å²) in [5.74, 6) is 3.03. The fourth-order valence-electron chi connectivity index (χ4n) is 1.88. The second-order valence-corrected chi connectivity index (χ2v) is 6.25. The van der Waals surface area contributed by atoms with Crippen LogP contribution in [0.2, 0.25) is 0 Å². The molecule has 0 bridgehead atoms. The molecule has 3 nitrogen and oxygen atoms in total. The molecule has 0 aliphatic carbocycles. The molecule has 0 unspecified atom stereocenters. The number of hydrogen-bond acceptors (Lipinski definition) is 2. The van der Waals surface area contributed by atoms with Gasteiger partial charge in [-0.1, -0.05) is 27.7 Å². The molecule has 0 amide bonds. The Bertz CT molecular complexity index is 357. The zero-order valence-corrected chi connectivity index (χ0v) is 13.2. The van der Waals surface area contributed by atoms with E-state index in [-0.39, 0.29) is 5.41 Å². The van der Waals surface area contributed by atoms with E-state index in [0.29, 0.717) is 23.6 Å².